The Hall–Kier alpha value is -3.06. The van der Waals surface area contributed by atoms with Crippen LogP contribution in [0.4, 0.5) is 4.39 Å². The number of rotatable bonds is 2. The number of hydrogen-bond donors (Lipinski definition) is 2. The molecule has 6 nitrogen and oxygen atoms in total. The number of carbonyl (C=O) groups is 1. The number of hydrogen-bond acceptors (Lipinski definition) is 4. The summed E-state index contributed by atoms with van der Waals surface area (Å²) in [6.45, 7) is 2.56. The summed E-state index contributed by atoms with van der Waals surface area (Å²) in [5.41, 5.74) is 0.668. The Morgan fingerprint density at radius 3 is 2.64 bits per heavy atom. The van der Waals surface area contributed by atoms with Crippen LogP contribution in [-0.4, -0.2) is 39.0 Å². The van der Waals surface area contributed by atoms with Crippen molar-refractivity contribution in [3.63, 3.8) is 0 Å². The monoisotopic (exact) mass is 381 g/mol. The van der Waals surface area contributed by atoms with E-state index in [2.05, 4.69) is 9.97 Å². The fraction of sp³-hybridized carbons (Fsp3) is 0.286. The van der Waals surface area contributed by atoms with Gasteiger partial charge in [-0.15, -0.1) is 0 Å². The average Bonchev–Trinajstić information content (AvgIpc) is 2.68. The van der Waals surface area contributed by atoms with Gasteiger partial charge in [0.05, 0.1) is 11.3 Å². The zero-order valence-corrected chi connectivity index (χ0v) is 15.4. The maximum Gasteiger partial charge on any atom is 0.254 e. The van der Waals surface area contributed by atoms with Crippen LogP contribution in [0.3, 0.4) is 0 Å². The van der Waals surface area contributed by atoms with E-state index in [1.807, 2.05) is 13.0 Å². The van der Waals surface area contributed by atoms with Crippen molar-refractivity contribution < 1.29 is 14.3 Å². The van der Waals surface area contributed by atoms with E-state index in [0.717, 1.165) is 5.56 Å². The van der Waals surface area contributed by atoms with Crippen LogP contribution >= 0.6 is 0 Å². The Balaban J connectivity index is 1.59. The highest BCUT2D eigenvalue weighted by Crippen LogP contribution is 2.32. The van der Waals surface area contributed by atoms with Gasteiger partial charge in [-0.1, -0.05) is 6.07 Å². The number of nitrogens with zero attached hydrogens (tertiary/aromatic N) is 2. The van der Waals surface area contributed by atoms with Crippen LogP contribution in [0, 0.1) is 12.7 Å². The predicted octanol–water partition coefficient (Wildman–Crippen LogP) is 2.49. The second-order valence-corrected chi connectivity index (χ2v) is 7.28. The van der Waals surface area contributed by atoms with Gasteiger partial charge < -0.3 is 15.0 Å². The smallest absolute Gasteiger partial charge is 0.254 e. The molecule has 2 N–H and O–H groups in total. The second kappa shape index (κ2) is 6.83. The lowest BCUT2D eigenvalue weighted by molar-refractivity contribution is -0.0243. The molecule has 1 aliphatic heterocycles. The number of likely N-dealkylation sites (tertiary alicyclic amines) is 1. The number of aromatic nitrogens is 2. The van der Waals surface area contributed by atoms with Crippen LogP contribution in [0.15, 0.2) is 47.4 Å². The zero-order valence-electron chi connectivity index (χ0n) is 15.4. The third-order valence-electron chi connectivity index (χ3n) is 5.30. The molecular weight excluding hydrogens is 361 g/mol. The van der Waals surface area contributed by atoms with Crippen molar-refractivity contribution in [3.05, 3.63) is 75.6 Å². The third-order valence-corrected chi connectivity index (χ3v) is 5.30. The van der Waals surface area contributed by atoms with Gasteiger partial charge >= 0.3 is 0 Å². The van der Waals surface area contributed by atoms with Gasteiger partial charge in [-0.2, -0.15) is 0 Å². The lowest BCUT2D eigenvalue weighted by Gasteiger charge is -2.38. The standard InChI is InChI=1S/C21H20FN3O3/c1-13-2-5-18(23-12-13)21(28)6-8-25(9-7-21)20(27)16-11-19(26)24-17-4-3-14(22)10-15(16)17/h2-5,10-12,28H,6-9H2,1H3,(H,24,26). The van der Waals surface area contributed by atoms with E-state index in [1.54, 1.807) is 17.2 Å². The third kappa shape index (κ3) is 3.29. The van der Waals surface area contributed by atoms with Crippen LogP contribution in [0.2, 0.25) is 0 Å². The molecule has 0 bridgehead atoms. The van der Waals surface area contributed by atoms with Crippen LogP contribution in [0.1, 0.15) is 34.5 Å². The minimum atomic E-state index is -1.09. The van der Waals surface area contributed by atoms with Crippen molar-refractivity contribution in [1.29, 1.82) is 0 Å². The summed E-state index contributed by atoms with van der Waals surface area (Å²) in [4.78, 5) is 33.5. The first-order valence-electron chi connectivity index (χ1n) is 9.13. The lowest BCUT2D eigenvalue weighted by atomic mass is 9.87. The topological polar surface area (TPSA) is 86.3 Å². The van der Waals surface area contributed by atoms with Crippen LogP contribution in [0.5, 0.6) is 0 Å². The van der Waals surface area contributed by atoms with Crippen molar-refractivity contribution in [2.45, 2.75) is 25.4 Å². The summed E-state index contributed by atoms with van der Waals surface area (Å²) in [6.07, 6.45) is 2.39. The number of aliphatic hydroxyl groups is 1. The molecule has 1 aliphatic rings. The van der Waals surface area contributed by atoms with Crippen LogP contribution in [0.25, 0.3) is 10.9 Å². The molecular formula is C21H20FN3O3. The number of piperidine rings is 1. The van der Waals surface area contributed by atoms with Crippen molar-refractivity contribution in [3.8, 4) is 0 Å². The molecule has 0 atom stereocenters. The lowest BCUT2D eigenvalue weighted by Crippen LogP contribution is -2.45. The van der Waals surface area contributed by atoms with Crippen molar-refractivity contribution in [2.24, 2.45) is 0 Å². The molecule has 1 amide bonds. The maximum atomic E-state index is 13.7. The van der Waals surface area contributed by atoms with Gasteiger partial charge in [-0.3, -0.25) is 14.6 Å². The molecule has 0 unspecified atom stereocenters. The molecule has 144 valence electrons. The molecule has 0 spiro atoms. The fourth-order valence-electron chi connectivity index (χ4n) is 3.65. The Morgan fingerprint density at radius 1 is 1.21 bits per heavy atom. The first kappa shape index (κ1) is 18.3. The Bertz CT molecular complexity index is 1100. The fourth-order valence-corrected chi connectivity index (χ4v) is 3.65. The van der Waals surface area contributed by atoms with E-state index < -0.39 is 17.0 Å². The van der Waals surface area contributed by atoms with Crippen molar-refractivity contribution in [2.75, 3.05) is 13.1 Å². The summed E-state index contributed by atoms with van der Waals surface area (Å²) < 4.78 is 13.7. The summed E-state index contributed by atoms with van der Waals surface area (Å²) in [5, 5.41) is 11.3. The summed E-state index contributed by atoms with van der Waals surface area (Å²) in [6, 6.07) is 8.83. The summed E-state index contributed by atoms with van der Waals surface area (Å²) in [7, 11) is 0. The normalized spacial score (nSPS) is 16.3. The number of carbonyl (C=O) groups excluding carboxylic acids is 1. The number of aromatic amines is 1. The molecule has 4 rings (SSSR count). The van der Waals surface area contributed by atoms with Crippen LogP contribution < -0.4 is 5.56 Å². The van der Waals surface area contributed by atoms with Gasteiger partial charge in [0.2, 0.25) is 5.56 Å². The van der Waals surface area contributed by atoms with E-state index in [-0.39, 0.29) is 11.5 Å². The molecule has 1 aromatic carbocycles. The quantitative estimate of drug-likeness (QED) is 0.714. The van der Waals surface area contributed by atoms with Gasteiger partial charge in [0, 0.05) is 36.3 Å². The molecule has 2 aromatic heterocycles. The van der Waals surface area contributed by atoms with E-state index in [0.29, 0.717) is 42.5 Å². The second-order valence-electron chi connectivity index (χ2n) is 7.28. The maximum absolute atomic E-state index is 13.7. The largest absolute Gasteiger partial charge is 0.383 e. The first-order valence-corrected chi connectivity index (χ1v) is 9.13. The molecule has 0 aliphatic carbocycles. The van der Waals surface area contributed by atoms with Crippen molar-refractivity contribution in [1.82, 2.24) is 14.9 Å². The van der Waals surface area contributed by atoms with E-state index in [4.69, 9.17) is 0 Å². The Kier molecular flexibility index (Phi) is 4.47. The number of fused-ring (bicyclic) bond motifs is 1. The van der Waals surface area contributed by atoms with Gasteiger partial charge in [0.1, 0.15) is 11.4 Å². The van der Waals surface area contributed by atoms with E-state index >= 15 is 0 Å². The SMILES string of the molecule is Cc1ccc(C2(O)CCN(C(=O)c3cc(=O)[nH]c4ccc(F)cc34)CC2)nc1. The summed E-state index contributed by atoms with van der Waals surface area (Å²) >= 11 is 0. The molecule has 28 heavy (non-hydrogen) atoms. The highest BCUT2D eigenvalue weighted by atomic mass is 19.1. The highest BCUT2D eigenvalue weighted by Gasteiger charge is 2.37. The van der Waals surface area contributed by atoms with Crippen LogP contribution in [-0.2, 0) is 5.60 Å². The van der Waals surface area contributed by atoms with Crippen molar-refractivity contribution >= 4 is 16.8 Å². The van der Waals surface area contributed by atoms with Gasteiger partial charge in [0.25, 0.3) is 5.91 Å². The van der Waals surface area contributed by atoms with Gasteiger partial charge in [0.15, 0.2) is 0 Å². The molecule has 3 heterocycles. The number of H-pyrrole nitrogens is 1. The average molecular weight is 381 g/mol. The molecule has 1 fully saturated rings. The van der Waals surface area contributed by atoms with E-state index in [9.17, 15) is 19.1 Å². The highest BCUT2D eigenvalue weighted by molar-refractivity contribution is 6.06. The first-order chi connectivity index (χ1) is 13.4. The number of amides is 1. The zero-order chi connectivity index (χ0) is 19.9. The molecule has 7 heteroatoms. The number of halogens is 1. The Morgan fingerprint density at radius 2 is 1.96 bits per heavy atom. The van der Waals surface area contributed by atoms with E-state index in [1.165, 1.54) is 24.3 Å². The number of nitrogens with one attached hydrogen (secondary N) is 1. The molecule has 3 aromatic rings. The number of pyridine rings is 2. The Labute approximate surface area is 160 Å². The summed E-state index contributed by atoms with van der Waals surface area (Å²) in [5.74, 6) is -0.826. The number of aryl methyl sites for hydroxylation is 1. The number of benzene rings is 1. The van der Waals surface area contributed by atoms with Gasteiger partial charge in [-0.05, 0) is 49.6 Å². The predicted molar refractivity (Wildman–Crippen MR) is 103 cm³/mol. The minimum absolute atomic E-state index is 0.164. The molecule has 0 radical (unpaired) electrons. The molecule has 0 saturated carbocycles. The molecule has 1 saturated heterocycles. The van der Waals surface area contributed by atoms with Gasteiger partial charge in [-0.25, -0.2) is 4.39 Å². The minimum Gasteiger partial charge on any atom is -0.383 e.